The lowest BCUT2D eigenvalue weighted by molar-refractivity contribution is 0.671. The first kappa shape index (κ1) is 72.1. The Morgan fingerprint density at radius 3 is 0.738 bits per heavy atom. The number of aromatic nitrogens is 7. The van der Waals surface area contributed by atoms with Crippen LogP contribution in [0.25, 0.3) is 229 Å². The topological polar surface area (TPSA) is 95.4 Å². The summed E-state index contributed by atoms with van der Waals surface area (Å²) < 4.78 is 10.1. The summed E-state index contributed by atoms with van der Waals surface area (Å²) in [5, 5.41) is 4.22. The lowest BCUT2D eigenvalue weighted by Gasteiger charge is -2.14. The summed E-state index contributed by atoms with van der Waals surface area (Å²) in [5.74, 6) is 3.29. The summed E-state index contributed by atoms with van der Waals surface area (Å²) in [6.07, 6.45) is 0. The third kappa shape index (κ3) is 13.8. The molecule has 4 heterocycles. The van der Waals surface area contributed by atoms with Gasteiger partial charge in [0.2, 0.25) is 0 Å². The molecular weight excluding hydrogens is 1480 g/mol. The van der Waals surface area contributed by atoms with E-state index in [0.29, 0.717) is 34.9 Å². The molecule has 0 bridgehead atoms. The molecule has 22 rings (SSSR count). The van der Waals surface area contributed by atoms with E-state index in [9.17, 15) is 0 Å². The van der Waals surface area contributed by atoms with Crippen LogP contribution in [0.2, 0.25) is 0 Å². The summed E-state index contributed by atoms with van der Waals surface area (Å²) in [5.41, 5.74) is 30.8. The van der Waals surface area contributed by atoms with E-state index >= 15 is 0 Å². The molecule has 0 amide bonds. The molecule has 0 aliphatic carbocycles. The molecule has 0 atom stereocenters. The molecule has 122 heavy (non-hydrogen) atoms. The first-order chi connectivity index (χ1) is 60.4. The number of hydrogen-bond acceptors (Lipinski definition) is 7. The first-order valence-electron chi connectivity index (χ1n) is 41.2. The van der Waals surface area contributed by atoms with E-state index in [1.54, 1.807) is 0 Å². The summed E-state index contributed by atoms with van der Waals surface area (Å²) >= 11 is 0. The summed E-state index contributed by atoms with van der Waals surface area (Å²) in [6.45, 7) is 0. The molecule has 8 nitrogen and oxygen atoms in total. The second-order valence-corrected chi connectivity index (χ2v) is 30.9. The molecule has 0 fully saturated rings. The molecule has 570 valence electrons. The van der Waals surface area contributed by atoms with Gasteiger partial charge in [-0.3, -0.25) is 0 Å². The Balaban J connectivity index is 0.706. The van der Waals surface area contributed by atoms with E-state index in [1.807, 2.05) is 0 Å². The van der Waals surface area contributed by atoms with E-state index in [4.69, 9.17) is 34.3 Å². The molecule has 4 aromatic heterocycles. The Labute approximate surface area is 706 Å². The van der Waals surface area contributed by atoms with Crippen LogP contribution in [0.1, 0.15) is 0 Å². The van der Waals surface area contributed by atoms with Gasteiger partial charge in [-0.2, -0.15) is 0 Å². The van der Waals surface area contributed by atoms with Crippen LogP contribution in [0.4, 0.5) is 0 Å². The second-order valence-electron chi connectivity index (χ2n) is 30.9. The Morgan fingerprint density at radius 2 is 0.418 bits per heavy atom. The summed E-state index contributed by atoms with van der Waals surface area (Å²) in [7, 11) is 0. The average molecular weight is 1560 g/mol. The number of para-hydroxylation sites is 3. The quantitative estimate of drug-likeness (QED) is 0.0896. The zero-order chi connectivity index (χ0) is 80.8. The number of benzene rings is 18. The van der Waals surface area contributed by atoms with Gasteiger partial charge in [0, 0.05) is 66.4 Å². The minimum Gasteiger partial charge on any atom is -0.455 e. The van der Waals surface area contributed by atoms with Crippen LogP contribution >= 0.6 is 0 Å². The van der Waals surface area contributed by atoms with Crippen LogP contribution in [-0.2, 0) is 0 Å². The highest BCUT2D eigenvalue weighted by molar-refractivity contribution is 6.28. The fourth-order valence-corrected chi connectivity index (χ4v) is 17.2. The van der Waals surface area contributed by atoms with E-state index < -0.39 is 0 Å². The molecule has 0 saturated carbocycles. The maximum Gasteiger partial charge on any atom is 0.164 e. The van der Waals surface area contributed by atoms with Crippen molar-refractivity contribution < 1.29 is 4.42 Å². The predicted molar refractivity (Wildman–Crippen MR) is 502 cm³/mol. The second kappa shape index (κ2) is 31.2. The monoisotopic (exact) mass is 1560 g/mol. The van der Waals surface area contributed by atoms with Gasteiger partial charge in [0.1, 0.15) is 11.2 Å². The van der Waals surface area contributed by atoms with E-state index in [0.717, 1.165) is 194 Å². The lowest BCUT2D eigenvalue weighted by atomic mass is 9.95. The highest BCUT2D eigenvalue weighted by Crippen LogP contribution is 2.49. The molecule has 0 N–H and O–H groups in total. The van der Waals surface area contributed by atoms with E-state index in [1.165, 1.54) is 0 Å². The number of hydrogen-bond donors (Lipinski definition) is 0. The highest BCUT2D eigenvalue weighted by Gasteiger charge is 2.27. The number of fused-ring (bicyclic) bond motifs is 7. The van der Waals surface area contributed by atoms with Crippen LogP contribution in [0, 0.1) is 0 Å². The van der Waals surface area contributed by atoms with Crippen molar-refractivity contribution in [3.05, 3.63) is 443 Å². The SMILES string of the molecule is c1ccc(-c2cc(-c3ccccc3)cc(-c3nc(-c4ccc(-c5cccc6c5oc5c(-c7ccc(-c8nc(-c9cc(-c%10ccccc%10)cc(-c%10ccccc%10)c9)nc(-c9cc(-c%10ccccc%10)cc(-c%10ccccc%10)c9)n8)cc7)cc7c8ccccc8n(-c8ccccc8)c7c56)cc4)nc(-c4cc(-c5ccccc5)cc(-c5ccccc5)c4)n3)c2)cc1. The number of furan rings is 1. The summed E-state index contributed by atoms with van der Waals surface area (Å²) in [4.78, 5) is 33.0. The van der Waals surface area contributed by atoms with Gasteiger partial charge in [0.05, 0.1) is 16.4 Å². The smallest absolute Gasteiger partial charge is 0.164 e. The van der Waals surface area contributed by atoms with Gasteiger partial charge in [0.25, 0.3) is 0 Å². The Kier molecular flexibility index (Phi) is 18.4. The van der Waals surface area contributed by atoms with E-state index in [2.05, 4.69) is 447 Å². The highest BCUT2D eigenvalue weighted by atomic mass is 16.3. The molecule has 0 saturated heterocycles. The third-order valence-corrected chi connectivity index (χ3v) is 23.2. The maximum atomic E-state index is 7.66. The fraction of sp³-hybridized carbons (Fsp3) is 0. The summed E-state index contributed by atoms with van der Waals surface area (Å²) in [6, 6.07) is 156. The van der Waals surface area contributed by atoms with Gasteiger partial charge in [-0.25, -0.2) is 29.9 Å². The van der Waals surface area contributed by atoms with Crippen molar-refractivity contribution in [3.8, 4) is 185 Å². The zero-order valence-electron chi connectivity index (χ0n) is 66.2. The maximum absolute atomic E-state index is 7.66. The molecule has 0 aliphatic heterocycles. The van der Waals surface area contributed by atoms with Gasteiger partial charge in [0.15, 0.2) is 34.9 Å². The molecular formula is C114H73N7O. The number of rotatable bonds is 17. The minimum absolute atomic E-state index is 0.536. The van der Waals surface area contributed by atoms with Crippen LogP contribution in [0.5, 0.6) is 0 Å². The molecule has 0 spiro atoms. The predicted octanol–water partition coefficient (Wildman–Crippen LogP) is 29.7. The van der Waals surface area contributed by atoms with Crippen LogP contribution < -0.4 is 0 Å². The number of nitrogens with zero attached hydrogens (tertiary/aromatic N) is 7. The van der Waals surface area contributed by atoms with E-state index in [-0.39, 0.29) is 0 Å². The molecule has 22 aromatic rings. The van der Waals surface area contributed by atoms with Crippen molar-refractivity contribution in [1.29, 1.82) is 0 Å². The van der Waals surface area contributed by atoms with Gasteiger partial charge >= 0.3 is 0 Å². The normalized spacial score (nSPS) is 11.4. The van der Waals surface area contributed by atoms with Gasteiger partial charge in [-0.1, -0.05) is 346 Å². The lowest BCUT2D eigenvalue weighted by Crippen LogP contribution is -2.01. The van der Waals surface area contributed by atoms with Crippen molar-refractivity contribution in [2.75, 3.05) is 0 Å². The molecule has 8 heteroatoms. The van der Waals surface area contributed by atoms with Crippen molar-refractivity contribution in [1.82, 2.24) is 34.5 Å². The zero-order valence-corrected chi connectivity index (χ0v) is 66.2. The van der Waals surface area contributed by atoms with Crippen LogP contribution in [-0.4, -0.2) is 34.5 Å². The first-order valence-corrected chi connectivity index (χ1v) is 41.2. The van der Waals surface area contributed by atoms with Crippen LogP contribution in [0.3, 0.4) is 0 Å². The van der Waals surface area contributed by atoms with Crippen molar-refractivity contribution in [3.63, 3.8) is 0 Å². The Hall–Kier alpha value is -16.4. The van der Waals surface area contributed by atoms with Gasteiger partial charge < -0.3 is 8.98 Å². The van der Waals surface area contributed by atoms with Gasteiger partial charge in [-0.05, 0) is 197 Å². The Bertz CT molecular complexity index is 7140. The minimum atomic E-state index is 0.536. The Morgan fingerprint density at radius 1 is 0.164 bits per heavy atom. The van der Waals surface area contributed by atoms with Crippen LogP contribution in [0.15, 0.2) is 447 Å². The molecule has 18 aromatic carbocycles. The third-order valence-electron chi connectivity index (χ3n) is 23.2. The van der Waals surface area contributed by atoms with Crippen molar-refractivity contribution in [2.24, 2.45) is 0 Å². The molecule has 0 unspecified atom stereocenters. The molecule has 0 radical (unpaired) electrons. The standard InChI is InChI=1S/C114H73N7O/c1-10-31-74(32-11-1)86-61-87(75-33-12-2-13-34-75)66-94(65-86)111-115-109(116-112(119-111)95-67-88(76-35-14-3-15-36-76)62-89(68-95)77-37-16-4-17-38-77)84-57-53-82(54-58-84)99-50-30-51-101-105-106-103(100-49-28-29-52-104(100)121(106)98-47-26-9-27-48-98)73-102(108(105)122-107(99)101)83-55-59-85(60-56-83)110-117-113(96-69-90(78-39-18-5-19-40-78)63-91(70-96)79-41-20-6-21-42-79)120-114(118-110)97-71-92(80-43-22-7-23-44-80)64-93(72-97)81-45-24-8-25-46-81/h1-73H. The van der Waals surface area contributed by atoms with Crippen molar-refractivity contribution in [2.45, 2.75) is 0 Å². The van der Waals surface area contributed by atoms with Gasteiger partial charge in [-0.15, -0.1) is 0 Å². The molecule has 0 aliphatic rings. The average Bonchev–Trinajstić information content (AvgIpc) is 1.54. The largest absolute Gasteiger partial charge is 0.455 e. The fourth-order valence-electron chi connectivity index (χ4n) is 17.2. The van der Waals surface area contributed by atoms with Crippen molar-refractivity contribution >= 4 is 43.7 Å².